The number of carbonyl (C=O) groups is 1. The van der Waals surface area contributed by atoms with Crippen LogP contribution in [-0.4, -0.2) is 18.0 Å². The normalized spacial score (nSPS) is 20.7. The van der Waals surface area contributed by atoms with Crippen LogP contribution in [0, 0.1) is 5.41 Å². The second-order valence-corrected chi connectivity index (χ2v) is 4.90. The predicted molar refractivity (Wildman–Crippen MR) is 48.1 cm³/mol. The highest BCUT2D eigenvalue weighted by Gasteiger charge is 2.49. The first-order valence-electron chi connectivity index (χ1n) is 4.51. The van der Waals surface area contributed by atoms with E-state index in [1.54, 1.807) is 6.92 Å². The van der Waals surface area contributed by atoms with Crippen LogP contribution >= 0.6 is 0 Å². The van der Waals surface area contributed by atoms with Crippen molar-refractivity contribution in [3.05, 3.63) is 0 Å². The molecule has 1 aliphatic rings. The molecule has 0 unspecified atom stereocenters. The highest BCUT2D eigenvalue weighted by Crippen LogP contribution is 2.41. The molecule has 1 aliphatic carbocycles. The number of Topliss-reactive ketones (excluding diaryl/α,β-unsaturated/α-hetero) is 1. The zero-order valence-electron chi connectivity index (χ0n) is 8.44. The van der Waals surface area contributed by atoms with Crippen molar-refractivity contribution in [2.45, 2.75) is 46.1 Å². The molecule has 2 heteroatoms. The zero-order chi connectivity index (χ0) is 9.41. The van der Waals surface area contributed by atoms with Crippen LogP contribution < -0.4 is 0 Å². The Balaban J connectivity index is 2.37. The Hall–Kier alpha value is -0.370. The standard InChI is InChI=1S/C10H18O2/c1-8(11)10(5-6-10)12-7-9(2,3)4/h5-7H2,1-4H3. The van der Waals surface area contributed by atoms with Gasteiger partial charge >= 0.3 is 0 Å². The van der Waals surface area contributed by atoms with E-state index in [1.807, 2.05) is 0 Å². The molecule has 2 nitrogen and oxygen atoms in total. The monoisotopic (exact) mass is 170 g/mol. The Morgan fingerprint density at radius 3 is 2.17 bits per heavy atom. The fourth-order valence-electron chi connectivity index (χ4n) is 1.07. The van der Waals surface area contributed by atoms with Gasteiger partial charge in [0.25, 0.3) is 0 Å². The summed E-state index contributed by atoms with van der Waals surface area (Å²) in [5.74, 6) is 0.187. The molecule has 1 fully saturated rings. The van der Waals surface area contributed by atoms with Crippen molar-refractivity contribution < 1.29 is 9.53 Å². The van der Waals surface area contributed by atoms with Gasteiger partial charge in [0.15, 0.2) is 5.78 Å². The Morgan fingerprint density at radius 2 is 1.92 bits per heavy atom. The summed E-state index contributed by atoms with van der Waals surface area (Å²) < 4.78 is 5.62. The molecule has 0 bridgehead atoms. The van der Waals surface area contributed by atoms with E-state index in [1.165, 1.54) is 0 Å². The lowest BCUT2D eigenvalue weighted by Gasteiger charge is -2.22. The van der Waals surface area contributed by atoms with Crippen LogP contribution in [0.25, 0.3) is 0 Å². The molecular weight excluding hydrogens is 152 g/mol. The molecule has 0 radical (unpaired) electrons. The van der Waals surface area contributed by atoms with Crippen molar-refractivity contribution in [3.8, 4) is 0 Å². The van der Waals surface area contributed by atoms with Gasteiger partial charge in [0.1, 0.15) is 5.60 Å². The molecule has 0 aromatic carbocycles. The molecule has 0 aliphatic heterocycles. The van der Waals surface area contributed by atoms with Crippen molar-refractivity contribution >= 4 is 5.78 Å². The van der Waals surface area contributed by atoms with E-state index >= 15 is 0 Å². The van der Waals surface area contributed by atoms with E-state index in [9.17, 15) is 4.79 Å². The van der Waals surface area contributed by atoms with Crippen molar-refractivity contribution in [2.75, 3.05) is 6.61 Å². The van der Waals surface area contributed by atoms with Crippen LogP contribution in [0.5, 0.6) is 0 Å². The van der Waals surface area contributed by atoms with Gasteiger partial charge in [-0.2, -0.15) is 0 Å². The summed E-state index contributed by atoms with van der Waals surface area (Å²) in [6.07, 6.45) is 1.83. The van der Waals surface area contributed by atoms with E-state index in [0.29, 0.717) is 6.61 Å². The van der Waals surface area contributed by atoms with Gasteiger partial charge in [-0.05, 0) is 25.2 Å². The lowest BCUT2D eigenvalue weighted by Crippen LogP contribution is -2.28. The molecule has 1 rings (SSSR count). The van der Waals surface area contributed by atoms with Gasteiger partial charge in [-0.3, -0.25) is 4.79 Å². The number of hydrogen-bond donors (Lipinski definition) is 0. The summed E-state index contributed by atoms with van der Waals surface area (Å²) in [5, 5.41) is 0. The van der Waals surface area contributed by atoms with Gasteiger partial charge in [-0.25, -0.2) is 0 Å². The van der Waals surface area contributed by atoms with E-state index in [-0.39, 0.29) is 16.8 Å². The Bertz CT molecular complexity index is 185. The summed E-state index contributed by atoms with van der Waals surface area (Å²) in [4.78, 5) is 11.1. The fraction of sp³-hybridized carbons (Fsp3) is 0.900. The zero-order valence-corrected chi connectivity index (χ0v) is 8.44. The van der Waals surface area contributed by atoms with Crippen LogP contribution in [0.1, 0.15) is 40.5 Å². The maximum atomic E-state index is 11.1. The summed E-state index contributed by atoms with van der Waals surface area (Å²) in [7, 11) is 0. The number of ketones is 1. The minimum Gasteiger partial charge on any atom is -0.367 e. The summed E-state index contributed by atoms with van der Waals surface area (Å²) in [6.45, 7) is 8.64. The lowest BCUT2D eigenvalue weighted by molar-refractivity contribution is -0.133. The average Bonchev–Trinajstić information content (AvgIpc) is 2.61. The SMILES string of the molecule is CC(=O)C1(OCC(C)(C)C)CC1. The number of hydrogen-bond acceptors (Lipinski definition) is 2. The second kappa shape index (κ2) is 2.84. The molecule has 0 aromatic heterocycles. The van der Waals surface area contributed by atoms with Gasteiger partial charge < -0.3 is 4.74 Å². The quantitative estimate of drug-likeness (QED) is 0.649. The Labute approximate surface area is 74.3 Å². The Morgan fingerprint density at radius 1 is 1.42 bits per heavy atom. The number of rotatable bonds is 3. The highest BCUT2D eigenvalue weighted by atomic mass is 16.5. The van der Waals surface area contributed by atoms with Crippen LogP contribution in [-0.2, 0) is 9.53 Å². The molecule has 0 amide bonds. The van der Waals surface area contributed by atoms with E-state index in [2.05, 4.69) is 20.8 Å². The number of ether oxygens (including phenoxy) is 1. The first-order chi connectivity index (χ1) is 5.36. The van der Waals surface area contributed by atoms with E-state index < -0.39 is 0 Å². The van der Waals surface area contributed by atoms with Crippen molar-refractivity contribution in [1.82, 2.24) is 0 Å². The third-order valence-corrected chi connectivity index (χ3v) is 2.13. The third-order valence-electron chi connectivity index (χ3n) is 2.13. The van der Waals surface area contributed by atoms with Crippen molar-refractivity contribution in [3.63, 3.8) is 0 Å². The molecule has 0 atom stereocenters. The number of carbonyl (C=O) groups excluding carboxylic acids is 1. The first-order valence-corrected chi connectivity index (χ1v) is 4.51. The molecule has 0 aromatic rings. The first kappa shape index (κ1) is 9.72. The molecule has 0 spiro atoms. The van der Waals surface area contributed by atoms with Crippen molar-refractivity contribution in [2.24, 2.45) is 5.41 Å². The van der Waals surface area contributed by atoms with Gasteiger partial charge in [0.05, 0.1) is 6.61 Å². The molecule has 12 heavy (non-hydrogen) atoms. The van der Waals surface area contributed by atoms with Crippen molar-refractivity contribution in [1.29, 1.82) is 0 Å². The fourth-order valence-corrected chi connectivity index (χ4v) is 1.07. The molecular formula is C10H18O2. The van der Waals surface area contributed by atoms with Crippen LogP contribution in [0.15, 0.2) is 0 Å². The highest BCUT2D eigenvalue weighted by molar-refractivity contribution is 5.87. The second-order valence-electron chi connectivity index (χ2n) is 4.90. The summed E-state index contributed by atoms with van der Waals surface area (Å²) in [6, 6.07) is 0. The molecule has 0 N–H and O–H groups in total. The van der Waals surface area contributed by atoms with Crippen LogP contribution in [0.3, 0.4) is 0 Å². The van der Waals surface area contributed by atoms with E-state index in [4.69, 9.17) is 4.74 Å². The average molecular weight is 170 g/mol. The third kappa shape index (κ3) is 2.31. The predicted octanol–water partition coefficient (Wildman–Crippen LogP) is 2.17. The van der Waals surface area contributed by atoms with Gasteiger partial charge in [-0.15, -0.1) is 0 Å². The summed E-state index contributed by atoms with van der Waals surface area (Å²) in [5.41, 5.74) is -0.224. The largest absolute Gasteiger partial charge is 0.367 e. The molecule has 1 saturated carbocycles. The molecule has 0 saturated heterocycles. The lowest BCUT2D eigenvalue weighted by atomic mass is 9.98. The minimum atomic E-state index is -0.382. The van der Waals surface area contributed by atoms with Gasteiger partial charge in [0.2, 0.25) is 0 Å². The van der Waals surface area contributed by atoms with Crippen LogP contribution in [0.4, 0.5) is 0 Å². The summed E-state index contributed by atoms with van der Waals surface area (Å²) >= 11 is 0. The minimum absolute atomic E-state index is 0.158. The smallest absolute Gasteiger partial charge is 0.161 e. The topological polar surface area (TPSA) is 26.3 Å². The Kier molecular flexibility index (Phi) is 2.30. The van der Waals surface area contributed by atoms with Crippen LogP contribution in [0.2, 0.25) is 0 Å². The molecule has 0 heterocycles. The maximum absolute atomic E-state index is 11.1. The van der Waals surface area contributed by atoms with Gasteiger partial charge in [0, 0.05) is 0 Å². The maximum Gasteiger partial charge on any atom is 0.161 e. The van der Waals surface area contributed by atoms with Gasteiger partial charge in [-0.1, -0.05) is 20.8 Å². The van der Waals surface area contributed by atoms with E-state index in [0.717, 1.165) is 12.8 Å². The molecule has 70 valence electrons.